The van der Waals surface area contributed by atoms with Gasteiger partial charge in [0.2, 0.25) is 0 Å². The number of aromatic nitrogens is 1. The Morgan fingerprint density at radius 2 is 1.60 bits per heavy atom. The molecule has 0 aliphatic carbocycles. The predicted octanol–water partition coefficient (Wildman–Crippen LogP) is 3.19. The molecule has 0 N–H and O–H groups in total. The maximum atomic E-state index is 6.05. The highest BCUT2D eigenvalue weighted by Crippen LogP contribution is 2.36. The number of nitrogens with zero attached hydrogens (tertiary/aromatic N) is 1. The van der Waals surface area contributed by atoms with E-state index in [2.05, 4.69) is 4.98 Å². The molecule has 1 fully saturated rings. The lowest BCUT2D eigenvalue weighted by Gasteiger charge is -2.32. The Labute approximate surface area is 124 Å². The molecular formula is C15H17BClNO2. The van der Waals surface area contributed by atoms with Crippen molar-refractivity contribution < 1.29 is 9.31 Å². The van der Waals surface area contributed by atoms with Crippen LogP contribution in [0.3, 0.4) is 0 Å². The third-order valence-electron chi connectivity index (χ3n) is 4.21. The van der Waals surface area contributed by atoms with Crippen LogP contribution < -0.4 is 5.46 Å². The summed E-state index contributed by atoms with van der Waals surface area (Å²) in [6, 6.07) is 9.75. The van der Waals surface area contributed by atoms with Crippen LogP contribution in [0.5, 0.6) is 0 Å². The molecule has 3 rings (SSSR count). The van der Waals surface area contributed by atoms with Gasteiger partial charge in [0.05, 0.1) is 16.7 Å². The van der Waals surface area contributed by atoms with E-state index in [1.807, 2.05) is 52.0 Å². The van der Waals surface area contributed by atoms with Gasteiger partial charge < -0.3 is 9.31 Å². The van der Waals surface area contributed by atoms with Crippen molar-refractivity contribution in [3.8, 4) is 0 Å². The average molecular weight is 290 g/mol. The van der Waals surface area contributed by atoms with Crippen LogP contribution in [-0.4, -0.2) is 23.3 Å². The van der Waals surface area contributed by atoms with Crippen LogP contribution in [-0.2, 0) is 9.31 Å². The quantitative estimate of drug-likeness (QED) is 0.597. The largest absolute Gasteiger partial charge is 0.494 e. The number of fused-ring (bicyclic) bond motifs is 1. The zero-order chi connectivity index (χ0) is 14.5. The summed E-state index contributed by atoms with van der Waals surface area (Å²) in [4.78, 5) is 4.33. The van der Waals surface area contributed by atoms with E-state index in [9.17, 15) is 0 Å². The third-order valence-corrected chi connectivity index (χ3v) is 4.42. The molecule has 0 spiro atoms. The second kappa shape index (κ2) is 4.45. The highest BCUT2D eigenvalue weighted by Gasteiger charge is 2.51. The van der Waals surface area contributed by atoms with E-state index < -0.39 is 0 Å². The summed E-state index contributed by atoms with van der Waals surface area (Å²) in [5.41, 5.74) is 1.14. The van der Waals surface area contributed by atoms with Crippen molar-refractivity contribution in [1.29, 1.82) is 0 Å². The van der Waals surface area contributed by atoms with Gasteiger partial charge in [0, 0.05) is 5.39 Å². The Kier molecular flexibility index (Phi) is 3.09. The fraction of sp³-hybridized carbons (Fsp3) is 0.400. The van der Waals surface area contributed by atoms with Gasteiger partial charge in [-0.1, -0.05) is 23.7 Å². The van der Waals surface area contributed by atoms with E-state index in [4.69, 9.17) is 20.9 Å². The monoisotopic (exact) mass is 289 g/mol. The standard InChI is InChI=1S/C15H17BClNO2/c1-14(2)15(3,4)20-16(19-14)11-7-5-10-6-8-13(17)18-12(10)9-11/h5-9H,1-4H3. The molecule has 0 saturated carbocycles. The summed E-state index contributed by atoms with van der Waals surface area (Å²) in [6.45, 7) is 8.18. The summed E-state index contributed by atoms with van der Waals surface area (Å²) in [6.07, 6.45) is 0. The second-order valence-electron chi connectivity index (χ2n) is 6.17. The van der Waals surface area contributed by atoms with E-state index in [0.29, 0.717) is 5.15 Å². The Balaban J connectivity index is 2.00. The minimum atomic E-state index is -0.370. The molecule has 0 atom stereocenters. The summed E-state index contributed by atoms with van der Waals surface area (Å²) < 4.78 is 12.1. The fourth-order valence-electron chi connectivity index (χ4n) is 2.24. The molecule has 2 heterocycles. The van der Waals surface area contributed by atoms with Crippen LogP contribution in [0.15, 0.2) is 30.3 Å². The highest BCUT2D eigenvalue weighted by atomic mass is 35.5. The zero-order valence-electron chi connectivity index (χ0n) is 12.1. The maximum Gasteiger partial charge on any atom is 0.494 e. The van der Waals surface area contributed by atoms with E-state index in [0.717, 1.165) is 16.4 Å². The first-order valence-electron chi connectivity index (χ1n) is 6.70. The minimum absolute atomic E-state index is 0.339. The number of rotatable bonds is 1. The minimum Gasteiger partial charge on any atom is -0.399 e. The maximum absolute atomic E-state index is 6.05. The smallest absolute Gasteiger partial charge is 0.399 e. The summed E-state index contributed by atoms with van der Waals surface area (Å²) in [5, 5.41) is 1.54. The first kappa shape index (κ1) is 13.9. The zero-order valence-corrected chi connectivity index (χ0v) is 12.9. The molecule has 5 heteroatoms. The number of hydrogen-bond donors (Lipinski definition) is 0. The van der Waals surface area contributed by atoms with E-state index in [1.165, 1.54) is 0 Å². The van der Waals surface area contributed by atoms with Crippen LogP contribution in [0.1, 0.15) is 27.7 Å². The molecular weight excluding hydrogens is 272 g/mol. The fourth-order valence-corrected chi connectivity index (χ4v) is 2.39. The van der Waals surface area contributed by atoms with E-state index in [-0.39, 0.29) is 18.3 Å². The number of hydrogen-bond acceptors (Lipinski definition) is 3. The van der Waals surface area contributed by atoms with Crippen LogP contribution >= 0.6 is 11.6 Å². The van der Waals surface area contributed by atoms with Crippen molar-refractivity contribution in [2.24, 2.45) is 0 Å². The average Bonchev–Trinajstić information content (AvgIpc) is 2.57. The Morgan fingerprint density at radius 1 is 1.00 bits per heavy atom. The van der Waals surface area contributed by atoms with E-state index in [1.54, 1.807) is 6.07 Å². The number of benzene rings is 1. The van der Waals surface area contributed by atoms with Crippen molar-refractivity contribution >= 4 is 35.1 Å². The molecule has 1 aromatic heterocycles. The molecule has 0 unspecified atom stereocenters. The van der Waals surface area contributed by atoms with Crippen LogP contribution in [0, 0.1) is 0 Å². The Morgan fingerprint density at radius 3 is 2.25 bits per heavy atom. The molecule has 3 nitrogen and oxygen atoms in total. The Hall–Kier alpha value is -1.10. The Bertz CT molecular complexity index is 656. The van der Waals surface area contributed by atoms with Crippen molar-refractivity contribution in [3.63, 3.8) is 0 Å². The lowest BCUT2D eigenvalue weighted by atomic mass is 9.79. The molecule has 1 aliphatic heterocycles. The summed E-state index contributed by atoms with van der Waals surface area (Å²) >= 11 is 5.95. The molecule has 0 amide bonds. The first-order valence-corrected chi connectivity index (χ1v) is 7.08. The summed E-state index contributed by atoms with van der Waals surface area (Å²) in [7, 11) is -0.370. The molecule has 1 aromatic carbocycles. The normalized spacial score (nSPS) is 20.6. The van der Waals surface area contributed by atoms with Gasteiger partial charge in [0.15, 0.2) is 0 Å². The molecule has 1 aliphatic rings. The number of halogens is 1. The van der Waals surface area contributed by atoms with Gasteiger partial charge in [-0.05, 0) is 51.4 Å². The lowest BCUT2D eigenvalue weighted by molar-refractivity contribution is 0.00578. The predicted molar refractivity (Wildman–Crippen MR) is 82.5 cm³/mol. The van der Waals surface area contributed by atoms with Gasteiger partial charge in [-0.3, -0.25) is 0 Å². The third kappa shape index (κ3) is 2.22. The van der Waals surface area contributed by atoms with Crippen LogP contribution in [0.4, 0.5) is 0 Å². The van der Waals surface area contributed by atoms with Crippen molar-refractivity contribution in [3.05, 3.63) is 35.5 Å². The van der Waals surface area contributed by atoms with Gasteiger partial charge >= 0.3 is 7.12 Å². The second-order valence-corrected chi connectivity index (χ2v) is 6.56. The topological polar surface area (TPSA) is 31.4 Å². The molecule has 20 heavy (non-hydrogen) atoms. The molecule has 104 valence electrons. The van der Waals surface area contributed by atoms with Crippen molar-refractivity contribution in [2.75, 3.05) is 0 Å². The molecule has 0 bridgehead atoms. The molecule has 2 aromatic rings. The van der Waals surface area contributed by atoms with Gasteiger partial charge in [-0.15, -0.1) is 0 Å². The molecule has 0 radical (unpaired) electrons. The highest BCUT2D eigenvalue weighted by molar-refractivity contribution is 6.62. The van der Waals surface area contributed by atoms with Crippen LogP contribution in [0.25, 0.3) is 10.9 Å². The van der Waals surface area contributed by atoms with Gasteiger partial charge in [-0.25, -0.2) is 4.98 Å². The van der Waals surface area contributed by atoms with Gasteiger partial charge in [-0.2, -0.15) is 0 Å². The van der Waals surface area contributed by atoms with Gasteiger partial charge in [0.25, 0.3) is 0 Å². The summed E-state index contributed by atoms with van der Waals surface area (Å²) in [5.74, 6) is 0. The molecule has 1 saturated heterocycles. The first-order chi connectivity index (χ1) is 9.28. The number of pyridine rings is 1. The van der Waals surface area contributed by atoms with Gasteiger partial charge in [0.1, 0.15) is 5.15 Å². The van der Waals surface area contributed by atoms with Crippen molar-refractivity contribution in [2.45, 2.75) is 38.9 Å². The van der Waals surface area contributed by atoms with Crippen molar-refractivity contribution in [1.82, 2.24) is 4.98 Å². The van der Waals surface area contributed by atoms with E-state index >= 15 is 0 Å². The lowest BCUT2D eigenvalue weighted by Crippen LogP contribution is -2.41. The SMILES string of the molecule is CC1(C)OB(c2ccc3ccc(Cl)nc3c2)OC1(C)C. The van der Waals surface area contributed by atoms with Crippen LogP contribution in [0.2, 0.25) is 5.15 Å².